The Labute approximate surface area is 108 Å². The van der Waals surface area contributed by atoms with Gasteiger partial charge in [0.2, 0.25) is 0 Å². The Morgan fingerprint density at radius 2 is 2.32 bits per heavy atom. The zero-order chi connectivity index (χ0) is 14.0. The summed E-state index contributed by atoms with van der Waals surface area (Å²) >= 11 is 0. The molecular formula is C12H11NO6. The van der Waals surface area contributed by atoms with Crippen LogP contribution in [0.5, 0.6) is 5.75 Å². The average molecular weight is 265 g/mol. The third-order valence-corrected chi connectivity index (χ3v) is 2.72. The number of esters is 1. The van der Waals surface area contributed by atoms with Gasteiger partial charge in [0.05, 0.1) is 12.0 Å². The minimum Gasteiger partial charge on any atom is -0.483 e. The second kappa shape index (κ2) is 5.07. The number of aliphatic hydroxyl groups excluding tert-OH is 1. The van der Waals surface area contributed by atoms with Crippen molar-refractivity contribution in [2.45, 2.75) is 12.2 Å². The number of nitro groups is 1. The van der Waals surface area contributed by atoms with E-state index in [1.807, 2.05) is 0 Å². The zero-order valence-electron chi connectivity index (χ0n) is 9.98. The fourth-order valence-electron chi connectivity index (χ4n) is 1.76. The zero-order valence-corrected chi connectivity index (χ0v) is 9.98. The second-order valence-electron chi connectivity index (χ2n) is 3.89. The molecule has 19 heavy (non-hydrogen) atoms. The van der Waals surface area contributed by atoms with Gasteiger partial charge in [0.1, 0.15) is 18.0 Å². The van der Waals surface area contributed by atoms with Gasteiger partial charge in [0, 0.05) is 23.8 Å². The number of ether oxygens (including phenoxy) is 2. The highest BCUT2D eigenvalue weighted by atomic mass is 16.6. The molecule has 100 valence electrons. The van der Waals surface area contributed by atoms with Crippen LogP contribution in [0.25, 0.3) is 0 Å². The van der Waals surface area contributed by atoms with Crippen LogP contribution in [0.2, 0.25) is 0 Å². The highest BCUT2D eigenvalue weighted by molar-refractivity contribution is 5.81. The second-order valence-corrected chi connectivity index (χ2v) is 3.89. The number of hydrogen-bond acceptors (Lipinski definition) is 6. The lowest BCUT2D eigenvalue weighted by Gasteiger charge is -2.08. The van der Waals surface area contributed by atoms with Gasteiger partial charge in [0.15, 0.2) is 0 Å². The Kier molecular flexibility index (Phi) is 3.48. The smallest absolute Gasteiger partial charge is 0.330 e. The molecule has 0 fully saturated rings. The molecule has 0 spiro atoms. The minimum absolute atomic E-state index is 0.126. The number of methoxy groups -OCH3 is 1. The molecule has 0 radical (unpaired) electrons. The Hall–Kier alpha value is -2.41. The van der Waals surface area contributed by atoms with Crippen molar-refractivity contribution in [1.82, 2.24) is 0 Å². The lowest BCUT2D eigenvalue weighted by Crippen LogP contribution is -2.15. The summed E-state index contributed by atoms with van der Waals surface area (Å²) in [6.45, 7) is 0. The molecule has 2 rings (SSSR count). The SMILES string of the molecule is COC(=O)/C=C/C1Oc2ccc([N+](=O)[O-])cc2C1O. The summed E-state index contributed by atoms with van der Waals surface area (Å²) in [6, 6.07) is 3.96. The molecule has 1 heterocycles. The predicted octanol–water partition coefficient (Wildman–Crippen LogP) is 1.12. The van der Waals surface area contributed by atoms with E-state index in [0.29, 0.717) is 11.3 Å². The Balaban J connectivity index is 2.22. The van der Waals surface area contributed by atoms with E-state index < -0.39 is 23.1 Å². The fourth-order valence-corrected chi connectivity index (χ4v) is 1.76. The predicted molar refractivity (Wildman–Crippen MR) is 63.6 cm³/mol. The van der Waals surface area contributed by atoms with Crippen molar-refractivity contribution in [3.8, 4) is 5.75 Å². The van der Waals surface area contributed by atoms with E-state index in [4.69, 9.17) is 4.74 Å². The van der Waals surface area contributed by atoms with Crippen LogP contribution in [0.4, 0.5) is 5.69 Å². The number of non-ortho nitro benzene ring substituents is 1. The minimum atomic E-state index is -1.06. The Bertz CT molecular complexity index is 553. The molecule has 0 saturated heterocycles. The van der Waals surface area contributed by atoms with Crippen molar-refractivity contribution in [3.05, 3.63) is 46.0 Å². The molecule has 1 aliphatic heterocycles. The number of fused-ring (bicyclic) bond motifs is 1. The summed E-state index contributed by atoms with van der Waals surface area (Å²) in [4.78, 5) is 21.1. The molecular weight excluding hydrogens is 254 g/mol. The number of nitro benzene ring substituents is 1. The van der Waals surface area contributed by atoms with E-state index in [1.165, 1.54) is 31.4 Å². The Morgan fingerprint density at radius 3 is 2.95 bits per heavy atom. The van der Waals surface area contributed by atoms with Crippen molar-refractivity contribution < 1.29 is 24.3 Å². The van der Waals surface area contributed by atoms with E-state index in [2.05, 4.69) is 4.74 Å². The number of hydrogen-bond donors (Lipinski definition) is 1. The summed E-state index contributed by atoms with van der Waals surface area (Å²) in [5.41, 5.74) is 0.202. The largest absolute Gasteiger partial charge is 0.483 e. The number of rotatable bonds is 3. The molecule has 0 aromatic heterocycles. The molecule has 2 atom stereocenters. The molecule has 0 amide bonds. The number of carbonyl (C=O) groups excluding carboxylic acids is 1. The normalized spacial score (nSPS) is 20.9. The standard InChI is InChI=1S/C12H11NO6/c1-18-11(14)5-4-10-12(15)8-6-7(13(16)17)2-3-9(8)19-10/h2-6,10,12,15H,1H3/b5-4+. The third kappa shape index (κ3) is 2.55. The van der Waals surface area contributed by atoms with E-state index >= 15 is 0 Å². The molecule has 1 N–H and O–H groups in total. The van der Waals surface area contributed by atoms with Crippen LogP contribution in [-0.2, 0) is 9.53 Å². The summed E-state index contributed by atoms with van der Waals surface area (Å²) in [7, 11) is 1.23. The quantitative estimate of drug-likeness (QED) is 0.380. The third-order valence-electron chi connectivity index (χ3n) is 2.72. The number of nitrogens with zero attached hydrogens (tertiary/aromatic N) is 1. The monoisotopic (exact) mass is 265 g/mol. The summed E-state index contributed by atoms with van der Waals surface area (Å²) in [5, 5.41) is 20.6. The van der Waals surface area contributed by atoms with Gasteiger partial charge in [-0.25, -0.2) is 4.79 Å². The topological polar surface area (TPSA) is 98.9 Å². The van der Waals surface area contributed by atoms with Gasteiger partial charge < -0.3 is 14.6 Å². The first-order valence-electron chi connectivity index (χ1n) is 5.42. The van der Waals surface area contributed by atoms with Crippen LogP contribution in [0.1, 0.15) is 11.7 Å². The van der Waals surface area contributed by atoms with Crippen LogP contribution < -0.4 is 4.74 Å². The van der Waals surface area contributed by atoms with Gasteiger partial charge in [0.25, 0.3) is 5.69 Å². The molecule has 0 bridgehead atoms. The van der Waals surface area contributed by atoms with E-state index in [0.717, 1.165) is 6.08 Å². The highest BCUT2D eigenvalue weighted by Gasteiger charge is 2.32. The average Bonchev–Trinajstić information content (AvgIpc) is 2.72. The summed E-state index contributed by atoms with van der Waals surface area (Å²) < 4.78 is 9.80. The number of aliphatic hydroxyl groups is 1. The van der Waals surface area contributed by atoms with Crippen molar-refractivity contribution in [2.75, 3.05) is 7.11 Å². The van der Waals surface area contributed by atoms with Gasteiger partial charge in [-0.1, -0.05) is 0 Å². The van der Waals surface area contributed by atoms with Gasteiger partial charge in [-0.05, 0) is 12.1 Å². The molecule has 2 unspecified atom stereocenters. The van der Waals surface area contributed by atoms with E-state index in [-0.39, 0.29) is 5.69 Å². The van der Waals surface area contributed by atoms with Gasteiger partial charge in [-0.3, -0.25) is 10.1 Å². The van der Waals surface area contributed by atoms with Crippen molar-refractivity contribution in [1.29, 1.82) is 0 Å². The van der Waals surface area contributed by atoms with Crippen LogP contribution in [-0.4, -0.2) is 29.2 Å². The van der Waals surface area contributed by atoms with Gasteiger partial charge >= 0.3 is 5.97 Å². The maximum absolute atomic E-state index is 11.0. The summed E-state index contributed by atoms with van der Waals surface area (Å²) in [5.74, 6) is -0.213. The highest BCUT2D eigenvalue weighted by Crippen LogP contribution is 2.39. The van der Waals surface area contributed by atoms with E-state index in [1.54, 1.807) is 0 Å². The lowest BCUT2D eigenvalue weighted by atomic mass is 10.1. The number of carbonyl (C=O) groups is 1. The van der Waals surface area contributed by atoms with Crippen molar-refractivity contribution in [3.63, 3.8) is 0 Å². The fraction of sp³-hybridized carbons (Fsp3) is 0.250. The van der Waals surface area contributed by atoms with Gasteiger partial charge in [-0.15, -0.1) is 0 Å². The van der Waals surface area contributed by atoms with Crippen molar-refractivity contribution in [2.24, 2.45) is 0 Å². The summed E-state index contributed by atoms with van der Waals surface area (Å²) in [6.07, 6.45) is 0.656. The Morgan fingerprint density at radius 1 is 1.58 bits per heavy atom. The molecule has 1 aromatic rings. The number of benzene rings is 1. The van der Waals surface area contributed by atoms with Crippen LogP contribution >= 0.6 is 0 Å². The molecule has 7 nitrogen and oxygen atoms in total. The van der Waals surface area contributed by atoms with Gasteiger partial charge in [-0.2, -0.15) is 0 Å². The van der Waals surface area contributed by atoms with Crippen LogP contribution in [0, 0.1) is 10.1 Å². The molecule has 7 heteroatoms. The van der Waals surface area contributed by atoms with Crippen molar-refractivity contribution >= 4 is 11.7 Å². The molecule has 0 saturated carbocycles. The molecule has 1 aliphatic rings. The van der Waals surface area contributed by atoms with Crippen LogP contribution in [0.15, 0.2) is 30.4 Å². The molecule has 0 aliphatic carbocycles. The lowest BCUT2D eigenvalue weighted by molar-refractivity contribution is -0.385. The van der Waals surface area contributed by atoms with E-state index in [9.17, 15) is 20.0 Å². The maximum atomic E-state index is 11.0. The first-order valence-corrected chi connectivity index (χ1v) is 5.42. The first-order chi connectivity index (χ1) is 9.02. The first kappa shape index (κ1) is 13.0. The maximum Gasteiger partial charge on any atom is 0.330 e. The van der Waals surface area contributed by atoms with Crippen LogP contribution in [0.3, 0.4) is 0 Å². The molecule has 1 aromatic carbocycles.